The normalized spacial score (nSPS) is 16.1. The van der Waals surface area contributed by atoms with Crippen molar-refractivity contribution in [2.24, 2.45) is 5.92 Å². The van der Waals surface area contributed by atoms with Crippen molar-refractivity contribution < 1.29 is 0 Å². The average molecular weight is 444 g/mol. The lowest BCUT2D eigenvalue weighted by atomic mass is 9.87. The van der Waals surface area contributed by atoms with Crippen molar-refractivity contribution in [3.05, 3.63) is 53.0 Å². The van der Waals surface area contributed by atoms with Crippen LogP contribution in [0.15, 0.2) is 30.5 Å². The summed E-state index contributed by atoms with van der Waals surface area (Å²) in [5.74, 6) is 2.63. The van der Waals surface area contributed by atoms with Crippen LogP contribution in [0.2, 0.25) is 0 Å². The molecule has 0 radical (unpaired) electrons. The van der Waals surface area contributed by atoms with Crippen molar-refractivity contribution >= 4 is 16.6 Å². The maximum Gasteiger partial charge on any atom is 0.158 e. The van der Waals surface area contributed by atoms with Crippen molar-refractivity contribution in [1.82, 2.24) is 24.5 Å². The molecule has 0 atom stereocenters. The molecule has 1 saturated heterocycles. The Morgan fingerprint density at radius 3 is 2.52 bits per heavy atom. The van der Waals surface area contributed by atoms with Crippen molar-refractivity contribution in [2.45, 2.75) is 66.2 Å². The lowest BCUT2D eigenvalue weighted by Crippen LogP contribution is -2.35. The lowest BCUT2D eigenvalue weighted by molar-refractivity contribution is 0.192. The third kappa shape index (κ3) is 4.19. The van der Waals surface area contributed by atoms with E-state index < -0.39 is 0 Å². The Hall–Kier alpha value is -2.66. The molecule has 0 bridgehead atoms. The summed E-state index contributed by atoms with van der Waals surface area (Å²) in [6, 6.07) is 9.36. The fraction of sp³-hybridized carbons (Fsp3) is 0.500. The van der Waals surface area contributed by atoms with Gasteiger partial charge in [-0.15, -0.1) is 0 Å². The molecule has 0 spiro atoms. The molecule has 1 aliphatic heterocycles. The van der Waals surface area contributed by atoms with E-state index in [1.807, 2.05) is 11.4 Å². The number of H-pyrrole nitrogens is 1. The van der Waals surface area contributed by atoms with Gasteiger partial charge in [0.2, 0.25) is 0 Å². The second-order valence-corrected chi connectivity index (χ2v) is 10.7. The van der Waals surface area contributed by atoms with E-state index in [1.165, 1.54) is 65.8 Å². The molecule has 5 rings (SSSR count). The summed E-state index contributed by atoms with van der Waals surface area (Å²) < 4.78 is 1.92. The summed E-state index contributed by atoms with van der Waals surface area (Å²) in [7, 11) is 0. The number of pyridine rings is 1. The average Bonchev–Trinajstić information content (AvgIpc) is 3.33. The first-order chi connectivity index (χ1) is 15.8. The predicted octanol–water partition coefficient (Wildman–Crippen LogP) is 6.45. The van der Waals surface area contributed by atoms with Gasteiger partial charge < -0.3 is 9.88 Å². The van der Waals surface area contributed by atoms with E-state index in [0.717, 1.165) is 23.0 Å². The van der Waals surface area contributed by atoms with Gasteiger partial charge in [-0.2, -0.15) is 5.10 Å². The van der Waals surface area contributed by atoms with Crippen LogP contribution in [0, 0.1) is 19.8 Å². The predicted molar refractivity (Wildman–Crippen MR) is 137 cm³/mol. The third-order valence-electron chi connectivity index (χ3n) is 7.13. The molecule has 4 aromatic rings. The zero-order chi connectivity index (χ0) is 23.3. The van der Waals surface area contributed by atoms with Crippen LogP contribution < -0.4 is 0 Å². The molecule has 1 fully saturated rings. The highest BCUT2D eigenvalue weighted by molar-refractivity contribution is 5.92. The molecule has 0 saturated carbocycles. The first-order valence-electron chi connectivity index (χ1n) is 12.5. The number of nitrogens with one attached hydrogen (secondary N) is 1. The molecule has 5 heteroatoms. The Bertz CT molecular complexity index is 1280. The molecule has 5 nitrogen and oxygen atoms in total. The Morgan fingerprint density at radius 1 is 1.06 bits per heavy atom. The van der Waals surface area contributed by atoms with Crippen molar-refractivity contribution in [1.29, 1.82) is 0 Å². The Balaban J connectivity index is 1.52. The number of rotatable bonds is 5. The summed E-state index contributed by atoms with van der Waals surface area (Å²) in [6.07, 6.45) is 4.63. The molecule has 0 unspecified atom stereocenters. The summed E-state index contributed by atoms with van der Waals surface area (Å²) in [6.45, 7) is 17.0. The minimum Gasteiger partial charge on any atom is -0.354 e. The first kappa shape index (κ1) is 22.1. The van der Waals surface area contributed by atoms with Crippen molar-refractivity contribution in [3.63, 3.8) is 0 Å². The van der Waals surface area contributed by atoms with Crippen LogP contribution in [0.5, 0.6) is 0 Å². The Kier molecular flexibility index (Phi) is 5.77. The highest BCUT2D eigenvalue weighted by atomic mass is 15.3. The van der Waals surface area contributed by atoms with E-state index in [0.29, 0.717) is 11.8 Å². The van der Waals surface area contributed by atoms with Gasteiger partial charge in [0.05, 0.1) is 5.69 Å². The SMILES string of the molecule is Cc1nc2c(C)cc(-c3[nH]c4ccc(C5CCN(CC(C)C)CC5)cc4c3C(C)C)cn2n1. The third-order valence-corrected chi connectivity index (χ3v) is 7.13. The number of likely N-dealkylation sites (tertiary alicyclic amines) is 1. The fourth-order valence-corrected chi connectivity index (χ4v) is 5.67. The summed E-state index contributed by atoms with van der Waals surface area (Å²) >= 11 is 0. The van der Waals surface area contributed by atoms with E-state index >= 15 is 0 Å². The van der Waals surface area contributed by atoms with Crippen LogP contribution in [-0.2, 0) is 0 Å². The largest absolute Gasteiger partial charge is 0.354 e. The van der Waals surface area contributed by atoms with Crippen LogP contribution in [0.25, 0.3) is 27.8 Å². The highest BCUT2D eigenvalue weighted by Gasteiger charge is 2.23. The molecule has 0 amide bonds. The standard InChI is InChI=1S/C28H37N5/c1-17(2)15-32-11-9-21(10-12-32)22-7-8-25-24(14-22)26(18(3)4)27(30-25)23-13-19(5)28-29-20(6)31-33(28)16-23/h7-8,13-14,16-18,21,30H,9-12,15H2,1-6H3. The number of fused-ring (bicyclic) bond motifs is 2. The quantitative estimate of drug-likeness (QED) is 0.385. The van der Waals surface area contributed by atoms with Gasteiger partial charge in [0, 0.05) is 29.2 Å². The number of nitrogens with zero attached hydrogens (tertiary/aromatic N) is 4. The molecule has 33 heavy (non-hydrogen) atoms. The van der Waals surface area contributed by atoms with E-state index in [1.54, 1.807) is 0 Å². The molecule has 1 aliphatic rings. The van der Waals surface area contributed by atoms with Crippen molar-refractivity contribution in [2.75, 3.05) is 19.6 Å². The molecule has 174 valence electrons. The topological polar surface area (TPSA) is 49.2 Å². The number of hydrogen-bond acceptors (Lipinski definition) is 3. The summed E-state index contributed by atoms with van der Waals surface area (Å²) in [5, 5.41) is 5.95. The minimum atomic E-state index is 0.422. The lowest BCUT2D eigenvalue weighted by Gasteiger charge is -2.33. The Morgan fingerprint density at radius 2 is 1.82 bits per heavy atom. The summed E-state index contributed by atoms with van der Waals surface area (Å²) in [4.78, 5) is 11.0. The molecular weight excluding hydrogens is 406 g/mol. The number of aromatic nitrogens is 4. The molecule has 1 aromatic carbocycles. The molecule has 0 aliphatic carbocycles. The summed E-state index contributed by atoms with van der Waals surface area (Å²) in [5.41, 5.74) is 8.59. The van der Waals surface area contributed by atoms with Crippen LogP contribution in [0.1, 0.15) is 74.9 Å². The van der Waals surface area contributed by atoms with Gasteiger partial charge >= 0.3 is 0 Å². The highest BCUT2D eigenvalue weighted by Crippen LogP contribution is 2.38. The van der Waals surface area contributed by atoms with Gasteiger partial charge in [0.25, 0.3) is 0 Å². The van der Waals surface area contributed by atoms with Crippen molar-refractivity contribution in [3.8, 4) is 11.3 Å². The van der Waals surface area contributed by atoms with Gasteiger partial charge in [0.1, 0.15) is 5.82 Å². The molecule has 4 heterocycles. The number of hydrogen-bond donors (Lipinski definition) is 1. The minimum absolute atomic E-state index is 0.422. The van der Waals surface area contributed by atoms with Crippen LogP contribution in [0.3, 0.4) is 0 Å². The number of aromatic amines is 1. The smallest absolute Gasteiger partial charge is 0.158 e. The zero-order valence-corrected chi connectivity index (χ0v) is 20.9. The van der Waals surface area contributed by atoms with Gasteiger partial charge in [-0.05, 0) is 92.4 Å². The molecular formula is C28H37N5. The first-order valence-corrected chi connectivity index (χ1v) is 12.5. The zero-order valence-electron chi connectivity index (χ0n) is 20.9. The van der Waals surface area contributed by atoms with Gasteiger partial charge in [0.15, 0.2) is 5.65 Å². The molecule has 1 N–H and O–H groups in total. The van der Waals surface area contributed by atoms with Gasteiger partial charge in [-0.1, -0.05) is 33.8 Å². The number of piperidine rings is 1. The monoisotopic (exact) mass is 443 g/mol. The van der Waals surface area contributed by atoms with E-state index in [9.17, 15) is 0 Å². The second-order valence-electron chi connectivity index (χ2n) is 10.7. The van der Waals surface area contributed by atoms with Crippen LogP contribution >= 0.6 is 0 Å². The molecule has 3 aromatic heterocycles. The fourth-order valence-electron chi connectivity index (χ4n) is 5.67. The maximum absolute atomic E-state index is 4.58. The second kappa shape index (κ2) is 8.60. The Labute approximate surface area is 197 Å². The van der Waals surface area contributed by atoms with Crippen LogP contribution in [0.4, 0.5) is 0 Å². The van der Waals surface area contributed by atoms with E-state index in [-0.39, 0.29) is 0 Å². The number of benzene rings is 1. The van der Waals surface area contributed by atoms with Gasteiger partial charge in [-0.3, -0.25) is 0 Å². The van der Waals surface area contributed by atoms with E-state index in [4.69, 9.17) is 0 Å². The van der Waals surface area contributed by atoms with Gasteiger partial charge in [-0.25, -0.2) is 9.50 Å². The number of aryl methyl sites for hydroxylation is 2. The van der Waals surface area contributed by atoms with E-state index in [2.05, 4.69) is 85.0 Å². The maximum atomic E-state index is 4.58. The van der Waals surface area contributed by atoms with Crippen LogP contribution in [-0.4, -0.2) is 44.1 Å².